The Hall–Kier alpha value is -3.04. The van der Waals surface area contributed by atoms with Crippen LogP contribution in [0, 0.1) is 20.2 Å². The van der Waals surface area contributed by atoms with Crippen LogP contribution >= 0.6 is 11.6 Å². The van der Waals surface area contributed by atoms with Crippen molar-refractivity contribution in [1.82, 2.24) is 4.90 Å². The van der Waals surface area contributed by atoms with Gasteiger partial charge in [-0.2, -0.15) is 0 Å². The van der Waals surface area contributed by atoms with Crippen molar-refractivity contribution in [1.29, 1.82) is 0 Å². The van der Waals surface area contributed by atoms with E-state index in [4.69, 9.17) is 16.3 Å². The minimum atomic E-state index is -1.68. The van der Waals surface area contributed by atoms with Crippen molar-refractivity contribution < 1.29 is 19.4 Å². The summed E-state index contributed by atoms with van der Waals surface area (Å²) in [7, 11) is 0. The molecule has 0 N–H and O–H groups in total. The van der Waals surface area contributed by atoms with Gasteiger partial charge in [0.05, 0.1) is 23.1 Å². The second-order valence-electron chi connectivity index (χ2n) is 6.17. The fraction of sp³-hybridized carbons (Fsp3) is 0.278. The first kappa shape index (κ1) is 19.7. The molecule has 28 heavy (non-hydrogen) atoms. The van der Waals surface area contributed by atoms with E-state index in [-0.39, 0.29) is 11.4 Å². The van der Waals surface area contributed by atoms with Gasteiger partial charge in [-0.15, -0.1) is 0 Å². The molecule has 10 heteroatoms. The van der Waals surface area contributed by atoms with Crippen molar-refractivity contribution in [3.05, 3.63) is 79.9 Å². The second-order valence-corrected chi connectivity index (χ2v) is 6.74. The number of morpholine rings is 1. The topological polar surface area (TPSA) is 116 Å². The lowest BCUT2D eigenvalue weighted by Crippen LogP contribution is -2.49. The van der Waals surface area contributed by atoms with Crippen LogP contribution in [0.2, 0.25) is 0 Å². The van der Waals surface area contributed by atoms with Gasteiger partial charge in [0.15, 0.2) is 4.87 Å². The van der Waals surface area contributed by atoms with Crippen LogP contribution < -0.4 is 0 Å². The molecule has 0 saturated carbocycles. The highest BCUT2D eigenvalue weighted by Crippen LogP contribution is 2.40. The summed E-state index contributed by atoms with van der Waals surface area (Å²) in [5, 5.41) is 21.9. The number of ether oxygens (including phenoxy) is 1. The fourth-order valence-corrected chi connectivity index (χ4v) is 3.40. The van der Waals surface area contributed by atoms with Crippen LogP contribution in [-0.4, -0.2) is 47.0 Å². The molecule has 1 saturated heterocycles. The highest BCUT2D eigenvalue weighted by Gasteiger charge is 2.43. The van der Waals surface area contributed by atoms with E-state index in [0.29, 0.717) is 37.4 Å². The Morgan fingerprint density at radius 2 is 1.29 bits per heavy atom. The first-order valence-corrected chi connectivity index (χ1v) is 8.77. The summed E-state index contributed by atoms with van der Waals surface area (Å²) < 4.78 is 5.27. The maximum Gasteiger partial charge on any atom is 0.269 e. The molecule has 1 aliphatic heterocycles. The first-order valence-electron chi connectivity index (χ1n) is 8.40. The summed E-state index contributed by atoms with van der Waals surface area (Å²) in [6.45, 7) is 1.46. The van der Waals surface area contributed by atoms with Gasteiger partial charge in [0.1, 0.15) is 0 Å². The van der Waals surface area contributed by atoms with Crippen LogP contribution in [0.5, 0.6) is 0 Å². The molecule has 2 aromatic rings. The predicted octanol–water partition coefficient (Wildman–Crippen LogP) is 2.84. The summed E-state index contributed by atoms with van der Waals surface area (Å²) in [5.74, 6) is -0.417. The Labute approximate surface area is 164 Å². The smallest absolute Gasteiger partial charge is 0.269 e. The van der Waals surface area contributed by atoms with Gasteiger partial charge in [0.25, 0.3) is 17.3 Å². The van der Waals surface area contributed by atoms with Gasteiger partial charge in [0.2, 0.25) is 0 Å². The Morgan fingerprint density at radius 1 is 0.893 bits per heavy atom. The molecule has 1 heterocycles. The van der Waals surface area contributed by atoms with E-state index in [1.807, 2.05) is 0 Å². The minimum absolute atomic E-state index is 0.134. The Balaban J connectivity index is 2.07. The quantitative estimate of drug-likeness (QED) is 0.429. The van der Waals surface area contributed by atoms with Gasteiger partial charge >= 0.3 is 0 Å². The maximum atomic E-state index is 13.3. The van der Waals surface area contributed by atoms with Crippen molar-refractivity contribution in [2.24, 2.45) is 0 Å². The number of nitro benzene ring substituents is 2. The molecule has 3 rings (SSSR count). The average molecular weight is 406 g/mol. The Kier molecular flexibility index (Phi) is 5.57. The zero-order chi connectivity index (χ0) is 20.3. The molecule has 9 nitrogen and oxygen atoms in total. The van der Waals surface area contributed by atoms with E-state index < -0.39 is 20.6 Å². The van der Waals surface area contributed by atoms with Gasteiger partial charge in [-0.25, -0.2) is 0 Å². The molecule has 0 unspecified atom stereocenters. The number of non-ortho nitro benzene ring substituents is 2. The third-order valence-electron chi connectivity index (χ3n) is 4.54. The first-order chi connectivity index (χ1) is 13.3. The van der Waals surface area contributed by atoms with Gasteiger partial charge in [-0.1, -0.05) is 11.6 Å². The van der Waals surface area contributed by atoms with Crippen molar-refractivity contribution in [2.45, 2.75) is 4.87 Å². The summed E-state index contributed by atoms with van der Waals surface area (Å²) in [6, 6.07) is 10.8. The van der Waals surface area contributed by atoms with E-state index >= 15 is 0 Å². The van der Waals surface area contributed by atoms with Crippen LogP contribution in [0.1, 0.15) is 11.1 Å². The predicted molar refractivity (Wildman–Crippen MR) is 100 cm³/mol. The number of rotatable bonds is 5. The Morgan fingerprint density at radius 3 is 1.64 bits per heavy atom. The van der Waals surface area contributed by atoms with Gasteiger partial charge in [0, 0.05) is 37.4 Å². The highest BCUT2D eigenvalue weighted by molar-refractivity contribution is 6.37. The van der Waals surface area contributed by atoms with Crippen molar-refractivity contribution in [2.75, 3.05) is 26.3 Å². The van der Waals surface area contributed by atoms with Crippen LogP contribution in [-0.2, 0) is 14.4 Å². The van der Waals surface area contributed by atoms with Crippen molar-refractivity contribution >= 4 is 28.9 Å². The number of nitrogens with zero attached hydrogens (tertiary/aromatic N) is 3. The van der Waals surface area contributed by atoms with E-state index in [9.17, 15) is 25.0 Å². The van der Waals surface area contributed by atoms with E-state index in [1.54, 1.807) is 4.90 Å². The highest BCUT2D eigenvalue weighted by atomic mass is 35.5. The summed E-state index contributed by atoms with van der Waals surface area (Å²) in [4.78, 5) is 34.0. The lowest BCUT2D eigenvalue weighted by Gasteiger charge is -2.35. The molecule has 0 spiro atoms. The van der Waals surface area contributed by atoms with Crippen molar-refractivity contribution in [3.8, 4) is 0 Å². The maximum absolute atomic E-state index is 13.3. The van der Waals surface area contributed by atoms with Crippen LogP contribution in [0.15, 0.2) is 48.5 Å². The SMILES string of the molecule is O=C(N1CCOCC1)C(Cl)(c1ccc([N+](=O)[O-])cc1)c1ccc([N+](=O)[O-])cc1. The molecule has 1 fully saturated rings. The monoisotopic (exact) mass is 405 g/mol. The van der Waals surface area contributed by atoms with E-state index in [1.165, 1.54) is 48.5 Å². The number of nitro groups is 2. The zero-order valence-electron chi connectivity index (χ0n) is 14.6. The van der Waals surface area contributed by atoms with Crippen LogP contribution in [0.25, 0.3) is 0 Å². The molecule has 0 aromatic heterocycles. The number of amides is 1. The van der Waals surface area contributed by atoms with Crippen molar-refractivity contribution in [3.63, 3.8) is 0 Å². The number of carbonyl (C=O) groups is 1. The average Bonchev–Trinajstić information content (AvgIpc) is 2.73. The summed E-state index contributed by atoms with van der Waals surface area (Å²) in [5.41, 5.74) is 0.408. The number of halogens is 1. The fourth-order valence-electron chi connectivity index (χ4n) is 3.02. The van der Waals surface area contributed by atoms with Gasteiger partial charge in [-0.05, 0) is 35.4 Å². The summed E-state index contributed by atoms with van der Waals surface area (Å²) >= 11 is 6.87. The lowest BCUT2D eigenvalue weighted by molar-refractivity contribution is -0.385. The Bertz CT molecular complexity index is 837. The lowest BCUT2D eigenvalue weighted by atomic mass is 9.88. The number of benzene rings is 2. The third-order valence-corrected chi connectivity index (χ3v) is 5.14. The molecule has 146 valence electrons. The molecule has 0 radical (unpaired) electrons. The number of hydrogen-bond acceptors (Lipinski definition) is 6. The molecule has 0 atom stereocenters. The molecular formula is C18H16ClN3O6. The van der Waals surface area contributed by atoms with E-state index in [0.717, 1.165) is 0 Å². The largest absolute Gasteiger partial charge is 0.378 e. The molecule has 1 amide bonds. The zero-order valence-corrected chi connectivity index (χ0v) is 15.4. The number of carbonyl (C=O) groups excluding carboxylic acids is 1. The number of alkyl halides is 1. The molecule has 1 aliphatic rings. The second kappa shape index (κ2) is 7.91. The molecule has 0 aliphatic carbocycles. The number of hydrogen-bond donors (Lipinski definition) is 0. The normalized spacial score (nSPS) is 14.5. The van der Waals surface area contributed by atoms with Crippen LogP contribution in [0.3, 0.4) is 0 Å². The molecule has 2 aromatic carbocycles. The van der Waals surface area contributed by atoms with Gasteiger partial charge in [-0.3, -0.25) is 25.0 Å². The standard InChI is InChI=1S/C18H16ClN3O6/c19-18(17(23)20-9-11-28-12-10-20,13-1-5-15(6-2-13)21(24)25)14-3-7-16(8-4-14)22(26)27/h1-8H,9-12H2. The van der Waals surface area contributed by atoms with E-state index in [2.05, 4.69) is 0 Å². The molecular weight excluding hydrogens is 390 g/mol. The third kappa shape index (κ3) is 3.67. The van der Waals surface area contributed by atoms with Crippen LogP contribution in [0.4, 0.5) is 11.4 Å². The minimum Gasteiger partial charge on any atom is -0.378 e. The molecule has 0 bridgehead atoms. The summed E-state index contributed by atoms with van der Waals surface area (Å²) in [6.07, 6.45) is 0. The van der Waals surface area contributed by atoms with Gasteiger partial charge < -0.3 is 9.64 Å².